The maximum absolute atomic E-state index is 5.28. The first-order chi connectivity index (χ1) is 12.3. The third-order valence-electron chi connectivity index (χ3n) is 4.24. The number of hydrogen-bond donors (Lipinski definition) is 0. The highest BCUT2D eigenvalue weighted by Gasteiger charge is 2.10. The molecule has 0 aliphatic rings. The van der Waals surface area contributed by atoms with Gasteiger partial charge >= 0.3 is 0 Å². The molecule has 0 atom stereocenters. The standard InChI is InChI=1S/C22H23NO2/c1-24-21-12-8-19(9-13-21)23(17-16-18-6-4-3-5-7-18)20-10-14-22(25-2)15-11-20/h3-15H,16-17H2,1-2H3. The van der Waals surface area contributed by atoms with E-state index in [1.807, 2.05) is 30.3 Å². The Morgan fingerprint density at radius 3 is 1.56 bits per heavy atom. The summed E-state index contributed by atoms with van der Waals surface area (Å²) in [6, 6.07) is 26.9. The first-order valence-electron chi connectivity index (χ1n) is 8.40. The molecule has 0 saturated heterocycles. The van der Waals surface area contributed by atoms with Crippen LogP contribution in [0.1, 0.15) is 5.56 Å². The SMILES string of the molecule is COc1ccc(N(CCc2ccccc2)c2ccc(OC)cc2)cc1. The first kappa shape index (κ1) is 16.9. The van der Waals surface area contributed by atoms with Crippen molar-refractivity contribution in [2.24, 2.45) is 0 Å². The maximum atomic E-state index is 5.28. The molecule has 0 saturated carbocycles. The number of methoxy groups -OCH3 is 2. The minimum atomic E-state index is 0.862. The van der Waals surface area contributed by atoms with Gasteiger partial charge in [-0.25, -0.2) is 0 Å². The predicted octanol–water partition coefficient (Wildman–Crippen LogP) is 5.08. The zero-order chi connectivity index (χ0) is 17.5. The Morgan fingerprint density at radius 2 is 1.12 bits per heavy atom. The van der Waals surface area contributed by atoms with Crippen LogP contribution in [0.5, 0.6) is 11.5 Å². The van der Waals surface area contributed by atoms with E-state index in [-0.39, 0.29) is 0 Å². The number of hydrogen-bond acceptors (Lipinski definition) is 3. The fraction of sp³-hybridized carbons (Fsp3) is 0.182. The highest BCUT2D eigenvalue weighted by molar-refractivity contribution is 5.64. The summed E-state index contributed by atoms with van der Waals surface area (Å²) in [4.78, 5) is 2.31. The summed E-state index contributed by atoms with van der Waals surface area (Å²) in [5.41, 5.74) is 3.61. The second kappa shape index (κ2) is 8.25. The van der Waals surface area contributed by atoms with Crippen molar-refractivity contribution in [2.75, 3.05) is 25.7 Å². The number of rotatable bonds is 7. The topological polar surface area (TPSA) is 21.7 Å². The summed E-state index contributed by atoms with van der Waals surface area (Å²) in [7, 11) is 3.37. The van der Waals surface area contributed by atoms with Gasteiger partial charge in [-0.15, -0.1) is 0 Å². The van der Waals surface area contributed by atoms with Crippen LogP contribution in [-0.4, -0.2) is 20.8 Å². The smallest absolute Gasteiger partial charge is 0.119 e. The normalized spacial score (nSPS) is 10.3. The van der Waals surface area contributed by atoms with Crippen LogP contribution in [0.2, 0.25) is 0 Å². The molecule has 0 radical (unpaired) electrons. The Hall–Kier alpha value is -2.94. The molecule has 3 heteroatoms. The van der Waals surface area contributed by atoms with Gasteiger partial charge < -0.3 is 14.4 Å². The number of anilines is 2. The molecule has 3 nitrogen and oxygen atoms in total. The van der Waals surface area contributed by atoms with Crippen molar-refractivity contribution in [1.29, 1.82) is 0 Å². The van der Waals surface area contributed by atoms with Crippen LogP contribution in [0.15, 0.2) is 78.9 Å². The fourth-order valence-corrected chi connectivity index (χ4v) is 2.82. The summed E-state index contributed by atoms with van der Waals surface area (Å²) in [5.74, 6) is 1.72. The van der Waals surface area contributed by atoms with Crippen LogP contribution in [0.4, 0.5) is 11.4 Å². The van der Waals surface area contributed by atoms with Gasteiger partial charge in [-0.2, -0.15) is 0 Å². The molecule has 128 valence electrons. The molecule has 3 aromatic rings. The summed E-state index contributed by atoms with van der Waals surface area (Å²) in [6.07, 6.45) is 0.971. The van der Waals surface area contributed by atoms with Crippen molar-refractivity contribution >= 4 is 11.4 Å². The van der Waals surface area contributed by atoms with E-state index >= 15 is 0 Å². The summed E-state index contributed by atoms with van der Waals surface area (Å²) < 4.78 is 10.6. The van der Waals surface area contributed by atoms with Crippen molar-refractivity contribution < 1.29 is 9.47 Å². The number of ether oxygens (including phenoxy) is 2. The van der Waals surface area contributed by atoms with Crippen molar-refractivity contribution in [3.05, 3.63) is 84.4 Å². The molecule has 0 aliphatic heterocycles. The monoisotopic (exact) mass is 333 g/mol. The van der Waals surface area contributed by atoms with Gasteiger partial charge in [0.1, 0.15) is 11.5 Å². The number of benzene rings is 3. The van der Waals surface area contributed by atoms with Gasteiger partial charge in [-0.05, 0) is 60.5 Å². The molecule has 0 amide bonds. The lowest BCUT2D eigenvalue weighted by Crippen LogP contribution is -2.20. The average Bonchev–Trinajstić information content (AvgIpc) is 2.70. The Bertz CT molecular complexity index is 720. The fourth-order valence-electron chi connectivity index (χ4n) is 2.82. The Kier molecular flexibility index (Phi) is 5.57. The lowest BCUT2D eigenvalue weighted by atomic mass is 10.1. The van der Waals surface area contributed by atoms with Crippen molar-refractivity contribution in [1.82, 2.24) is 0 Å². The van der Waals surface area contributed by atoms with E-state index in [1.54, 1.807) is 14.2 Å². The van der Waals surface area contributed by atoms with E-state index in [4.69, 9.17) is 9.47 Å². The van der Waals surface area contributed by atoms with Gasteiger partial charge in [0.05, 0.1) is 14.2 Å². The largest absolute Gasteiger partial charge is 0.497 e. The minimum Gasteiger partial charge on any atom is -0.497 e. The third kappa shape index (κ3) is 4.32. The molecule has 0 aromatic heterocycles. The van der Waals surface area contributed by atoms with E-state index in [0.29, 0.717) is 0 Å². The number of nitrogens with zero attached hydrogens (tertiary/aromatic N) is 1. The molecule has 0 heterocycles. The second-order valence-electron chi connectivity index (χ2n) is 5.78. The molecule has 3 rings (SSSR count). The van der Waals surface area contributed by atoms with E-state index in [0.717, 1.165) is 35.8 Å². The average molecular weight is 333 g/mol. The molecule has 0 aliphatic carbocycles. The third-order valence-corrected chi connectivity index (χ3v) is 4.24. The first-order valence-corrected chi connectivity index (χ1v) is 8.40. The van der Waals surface area contributed by atoms with E-state index < -0.39 is 0 Å². The van der Waals surface area contributed by atoms with Gasteiger partial charge in [-0.1, -0.05) is 30.3 Å². The van der Waals surface area contributed by atoms with Crippen LogP contribution in [0.3, 0.4) is 0 Å². The summed E-state index contributed by atoms with van der Waals surface area (Å²) >= 11 is 0. The van der Waals surface area contributed by atoms with Crippen molar-refractivity contribution in [3.63, 3.8) is 0 Å². The van der Waals surface area contributed by atoms with Crippen LogP contribution in [0.25, 0.3) is 0 Å². The quantitative estimate of drug-likeness (QED) is 0.601. The van der Waals surface area contributed by atoms with Crippen molar-refractivity contribution in [3.8, 4) is 11.5 Å². The Labute approximate surface area is 149 Å². The Morgan fingerprint density at radius 1 is 0.640 bits per heavy atom. The molecular weight excluding hydrogens is 310 g/mol. The molecule has 0 bridgehead atoms. The highest BCUT2D eigenvalue weighted by atomic mass is 16.5. The molecule has 3 aromatic carbocycles. The van der Waals surface area contributed by atoms with Gasteiger partial charge in [0.2, 0.25) is 0 Å². The van der Waals surface area contributed by atoms with Crippen LogP contribution in [-0.2, 0) is 6.42 Å². The second-order valence-corrected chi connectivity index (χ2v) is 5.78. The molecule has 0 unspecified atom stereocenters. The van der Waals surface area contributed by atoms with E-state index in [2.05, 4.69) is 53.4 Å². The molecule has 0 fully saturated rings. The van der Waals surface area contributed by atoms with Gasteiger partial charge in [0.25, 0.3) is 0 Å². The predicted molar refractivity (Wildman–Crippen MR) is 103 cm³/mol. The van der Waals surface area contributed by atoms with Gasteiger partial charge in [-0.3, -0.25) is 0 Å². The summed E-state index contributed by atoms with van der Waals surface area (Å²) in [6.45, 7) is 0.892. The van der Waals surface area contributed by atoms with Crippen LogP contribution >= 0.6 is 0 Å². The molecule has 0 spiro atoms. The zero-order valence-corrected chi connectivity index (χ0v) is 14.7. The van der Waals surface area contributed by atoms with E-state index in [1.165, 1.54) is 5.56 Å². The molecular formula is C22H23NO2. The molecule has 0 N–H and O–H groups in total. The van der Waals surface area contributed by atoms with Crippen LogP contribution in [0, 0.1) is 0 Å². The lowest BCUT2D eigenvalue weighted by Gasteiger charge is -2.25. The van der Waals surface area contributed by atoms with Gasteiger partial charge in [0, 0.05) is 17.9 Å². The maximum Gasteiger partial charge on any atom is 0.119 e. The van der Waals surface area contributed by atoms with E-state index in [9.17, 15) is 0 Å². The lowest BCUT2D eigenvalue weighted by molar-refractivity contribution is 0.415. The van der Waals surface area contributed by atoms with Crippen molar-refractivity contribution in [2.45, 2.75) is 6.42 Å². The van der Waals surface area contributed by atoms with Crippen LogP contribution < -0.4 is 14.4 Å². The molecule has 25 heavy (non-hydrogen) atoms. The highest BCUT2D eigenvalue weighted by Crippen LogP contribution is 2.29. The minimum absolute atomic E-state index is 0.862. The van der Waals surface area contributed by atoms with Gasteiger partial charge in [0.15, 0.2) is 0 Å². The summed E-state index contributed by atoms with van der Waals surface area (Å²) in [5, 5.41) is 0. The Balaban J connectivity index is 1.86. The zero-order valence-electron chi connectivity index (χ0n) is 14.7.